The summed E-state index contributed by atoms with van der Waals surface area (Å²) in [4.78, 5) is 16.5. The predicted molar refractivity (Wildman–Crippen MR) is 81.3 cm³/mol. The van der Waals surface area contributed by atoms with Gasteiger partial charge in [-0.2, -0.15) is 18.3 Å². The van der Waals surface area contributed by atoms with Crippen LogP contribution < -0.4 is 5.32 Å². The normalized spacial score (nSPS) is 21.0. The fourth-order valence-electron chi connectivity index (χ4n) is 3.00. The molecule has 0 spiro atoms. The zero-order chi connectivity index (χ0) is 17.6. The summed E-state index contributed by atoms with van der Waals surface area (Å²) in [6.45, 7) is 0.983. The SMILES string of the molecule is O=C(NCC1CCCO1)c1cc2nc(C3CC3)cc(C(F)(F)F)n2n1. The molecule has 6 nitrogen and oxygen atoms in total. The number of hydrogen-bond donors (Lipinski definition) is 1. The number of carbonyl (C=O) groups excluding carboxylic acids is 1. The number of hydrogen-bond acceptors (Lipinski definition) is 4. The molecule has 0 radical (unpaired) electrons. The van der Waals surface area contributed by atoms with E-state index in [1.54, 1.807) is 0 Å². The van der Waals surface area contributed by atoms with Crippen LogP contribution in [0.5, 0.6) is 0 Å². The Morgan fingerprint density at radius 1 is 1.32 bits per heavy atom. The number of halogens is 3. The molecule has 1 aliphatic carbocycles. The molecule has 2 fully saturated rings. The molecule has 1 saturated heterocycles. The number of amides is 1. The number of rotatable bonds is 4. The second-order valence-electron chi connectivity index (χ2n) is 6.48. The third kappa shape index (κ3) is 3.33. The molecule has 1 N–H and O–H groups in total. The number of nitrogens with zero attached hydrogens (tertiary/aromatic N) is 3. The predicted octanol–water partition coefficient (Wildman–Crippen LogP) is 2.53. The monoisotopic (exact) mass is 354 g/mol. The van der Waals surface area contributed by atoms with Crippen LogP contribution >= 0.6 is 0 Å². The quantitative estimate of drug-likeness (QED) is 0.916. The van der Waals surface area contributed by atoms with Crippen molar-refractivity contribution in [2.45, 2.75) is 43.9 Å². The van der Waals surface area contributed by atoms with Crippen molar-refractivity contribution in [1.82, 2.24) is 19.9 Å². The zero-order valence-corrected chi connectivity index (χ0v) is 13.3. The molecule has 1 amide bonds. The molecule has 0 aromatic carbocycles. The minimum Gasteiger partial charge on any atom is -0.376 e. The van der Waals surface area contributed by atoms with E-state index in [2.05, 4.69) is 15.4 Å². The maximum atomic E-state index is 13.3. The maximum Gasteiger partial charge on any atom is 0.433 e. The maximum absolute atomic E-state index is 13.3. The van der Waals surface area contributed by atoms with Gasteiger partial charge in [-0.05, 0) is 31.7 Å². The summed E-state index contributed by atoms with van der Waals surface area (Å²) in [5.41, 5.74) is -0.536. The van der Waals surface area contributed by atoms with Gasteiger partial charge in [0.25, 0.3) is 5.91 Å². The topological polar surface area (TPSA) is 68.5 Å². The Morgan fingerprint density at radius 2 is 2.12 bits per heavy atom. The van der Waals surface area contributed by atoms with Crippen LogP contribution in [0.2, 0.25) is 0 Å². The van der Waals surface area contributed by atoms with Gasteiger partial charge in [0.05, 0.1) is 6.10 Å². The molecular formula is C16H17F3N4O2. The second-order valence-corrected chi connectivity index (χ2v) is 6.48. The molecule has 2 aromatic heterocycles. The van der Waals surface area contributed by atoms with E-state index in [-0.39, 0.29) is 23.4 Å². The highest BCUT2D eigenvalue weighted by Gasteiger charge is 2.37. The van der Waals surface area contributed by atoms with Crippen LogP contribution in [-0.4, -0.2) is 39.8 Å². The van der Waals surface area contributed by atoms with Crippen LogP contribution in [0.15, 0.2) is 12.1 Å². The van der Waals surface area contributed by atoms with Crippen molar-refractivity contribution in [3.63, 3.8) is 0 Å². The number of fused-ring (bicyclic) bond motifs is 1. The van der Waals surface area contributed by atoms with Crippen LogP contribution in [0.1, 0.15) is 53.5 Å². The van der Waals surface area contributed by atoms with E-state index >= 15 is 0 Å². The van der Waals surface area contributed by atoms with Gasteiger partial charge in [0.1, 0.15) is 5.69 Å². The number of alkyl halides is 3. The van der Waals surface area contributed by atoms with Gasteiger partial charge in [0, 0.05) is 30.8 Å². The van der Waals surface area contributed by atoms with Gasteiger partial charge >= 0.3 is 6.18 Å². The van der Waals surface area contributed by atoms with E-state index in [1.807, 2.05) is 0 Å². The first-order valence-corrected chi connectivity index (χ1v) is 8.29. The summed E-state index contributed by atoms with van der Waals surface area (Å²) in [7, 11) is 0. The number of ether oxygens (including phenoxy) is 1. The first kappa shape index (κ1) is 16.3. The lowest BCUT2D eigenvalue weighted by molar-refractivity contribution is -0.142. The molecule has 1 aliphatic heterocycles. The van der Waals surface area contributed by atoms with Gasteiger partial charge in [0.2, 0.25) is 0 Å². The van der Waals surface area contributed by atoms with Gasteiger partial charge < -0.3 is 10.1 Å². The molecule has 2 aliphatic rings. The highest BCUT2D eigenvalue weighted by molar-refractivity contribution is 5.93. The highest BCUT2D eigenvalue weighted by atomic mass is 19.4. The van der Waals surface area contributed by atoms with Crippen molar-refractivity contribution in [3.05, 3.63) is 29.2 Å². The van der Waals surface area contributed by atoms with Gasteiger partial charge in [-0.3, -0.25) is 4.79 Å². The molecule has 25 heavy (non-hydrogen) atoms. The van der Waals surface area contributed by atoms with Crippen molar-refractivity contribution in [3.8, 4) is 0 Å². The molecule has 1 unspecified atom stereocenters. The fourth-order valence-corrected chi connectivity index (χ4v) is 3.00. The molecule has 1 saturated carbocycles. The van der Waals surface area contributed by atoms with Crippen molar-refractivity contribution in [2.24, 2.45) is 0 Å². The Hall–Kier alpha value is -2.16. The Kier molecular flexibility index (Phi) is 3.90. The first-order chi connectivity index (χ1) is 11.9. The number of carbonyl (C=O) groups is 1. The van der Waals surface area contributed by atoms with Gasteiger partial charge in [-0.15, -0.1) is 0 Å². The summed E-state index contributed by atoms with van der Waals surface area (Å²) in [6, 6.07) is 2.33. The van der Waals surface area contributed by atoms with Crippen LogP contribution in [0.3, 0.4) is 0 Å². The van der Waals surface area contributed by atoms with E-state index in [1.165, 1.54) is 6.07 Å². The fraction of sp³-hybridized carbons (Fsp3) is 0.562. The lowest BCUT2D eigenvalue weighted by Gasteiger charge is -2.10. The summed E-state index contributed by atoms with van der Waals surface area (Å²) in [6.07, 6.45) is -1.14. The third-order valence-electron chi connectivity index (χ3n) is 4.48. The number of aromatic nitrogens is 3. The average Bonchev–Trinajstić information content (AvgIpc) is 3.11. The summed E-state index contributed by atoms with van der Waals surface area (Å²) in [5, 5.41) is 6.49. The molecule has 3 heterocycles. The average molecular weight is 354 g/mol. The second kappa shape index (κ2) is 5.98. The Labute approximate surface area is 141 Å². The summed E-state index contributed by atoms with van der Waals surface area (Å²) < 4.78 is 46.1. The van der Waals surface area contributed by atoms with Crippen molar-refractivity contribution in [2.75, 3.05) is 13.2 Å². The van der Waals surface area contributed by atoms with Crippen LogP contribution in [-0.2, 0) is 10.9 Å². The molecule has 134 valence electrons. The highest BCUT2D eigenvalue weighted by Crippen LogP contribution is 2.41. The smallest absolute Gasteiger partial charge is 0.376 e. The van der Waals surface area contributed by atoms with Crippen LogP contribution in [0, 0.1) is 0 Å². The van der Waals surface area contributed by atoms with Crippen molar-refractivity contribution >= 4 is 11.6 Å². The van der Waals surface area contributed by atoms with Gasteiger partial charge in [0.15, 0.2) is 11.3 Å². The van der Waals surface area contributed by atoms with E-state index in [0.29, 0.717) is 23.4 Å². The van der Waals surface area contributed by atoms with Crippen LogP contribution in [0.25, 0.3) is 5.65 Å². The zero-order valence-electron chi connectivity index (χ0n) is 13.3. The third-order valence-corrected chi connectivity index (χ3v) is 4.48. The van der Waals surface area contributed by atoms with Crippen molar-refractivity contribution in [1.29, 1.82) is 0 Å². The number of nitrogens with one attached hydrogen (secondary N) is 1. The summed E-state index contributed by atoms with van der Waals surface area (Å²) >= 11 is 0. The largest absolute Gasteiger partial charge is 0.433 e. The van der Waals surface area contributed by atoms with Gasteiger partial charge in [-0.1, -0.05) is 0 Å². The Morgan fingerprint density at radius 3 is 2.76 bits per heavy atom. The molecule has 4 rings (SSSR count). The molecule has 9 heteroatoms. The van der Waals surface area contributed by atoms with Crippen LogP contribution in [0.4, 0.5) is 13.2 Å². The minimum atomic E-state index is -4.57. The molecule has 1 atom stereocenters. The van der Waals surface area contributed by atoms with Crippen molar-refractivity contribution < 1.29 is 22.7 Å². The van der Waals surface area contributed by atoms with E-state index in [0.717, 1.165) is 31.7 Å². The minimum absolute atomic E-state index is 0.0407. The van der Waals surface area contributed by atoms with Gasteiger partial charge in [-0.25, -0.2) is 9.50 Å². The lowest BCUT2D eigenvalue weighted by atomic mass is 10.2. The molecule has 2 aromatic rings. The standard InChI is InChI=1S/C16H17F3N4O2/c17-16(18,19)13-6-11(9-3-4-9)21-14-7-12(22-23(13)14)15(24)20-8-10-2-1-5-25-10/h6-7,9-10H,1-5,8H2,(H,20,24). The first-order valence-electron chi connectivity index (χ1n) is 8.29. The molecule has 0 bridgehead atoms. The van der Waals surface area contributed by atoms with E-state index < -0.39 is 17.8 Å². The Bertz CT molecular complexity index is 808. The van der Waals surface area contributed by atoms with E-state index in [4.69, 9.17) is 4.74 Å². The Balaban J connectivity index is 1.62. The summed E-state index contributed by atoms with van der Waals surface area (Å²) in [5.74, 6) is -0.458. The van der Waals surface area contributed by atoms with E-state index in [9.17, 15) is 18.0 Å². The lowest BCUT2D eigenvalue weighted by Crippen LogP contribution is -2.32. The molecular weight excluding hydrogens is 337 g/mol.